The second-order valence-electron chi connectivity index (χ2n) is 16.5. The van der Waals surface area contributed by atoms with Crippen LogP contribution in [0, 0.1) is 0 Å². The third kappa shape index (κ3) is 5.95. The van der Waals surface area contributed by atoms with Gasteiger partial charge < -0.3 is 0 Å². The quantitative estimate of drug-likeness (QED) is 0.150. The van der Waals surface area contributed by atoms with Crippen molar-refractivity contribution in [1.82, 2.24) is 0 Å². The van der Waals surface area contributed by atoms with E-state index in [0.717, 1.165) is 76.5 Å². The highest BCUT2D eigenvalue weighted by Gasteiger charge is 2.22. The first-order valence-electron chi connectivity index (χ1n) is 21.8. The Kier molecular flexibility index (Phi) is 8.84. The van der Waals surface area contributed by atoms with Crippen molar-refractivity contribution < 1.29 is 9.59 Å². The second kappa shape index (κ2) is 15.2. The predicted octanol–water partition coefficient (Wildman–Crippen LogP) is 16.1. The Morgan fingerprint density at radius 1 is 0.188 bits per heavy atom. The maximum atomic E-state index is 14.9. The van der Waals surface area contributed by atoms with Gasteiger partial charge in [-0.3, -0.25) is 9.59 Å². The van der Waals surface area contributed by atoms with E-state index in [1.807, 2.05) is 84.9 Å². The highest BCUT2D eigenvalue weighted by atomic mass is 16.1. The predicted molar refractivity (Wildman–Crippen MR) is 268 cm³/mol. The van der Waals surface area contributed by atoms with E-state index in [1.165, 1.54) is 21.5 Å². The lowest BCUT2D eigenvalue weighted by molar-refractivity contribution is 0.103. The van der Waals surface area contributed by atoms with Crippen molar-refractivity contribution in [2.24, 2.45) is 0 Å². The molecule has 0 N–H and O–H groups in total. The Morgan fingerprint density at radius 3 is 0.703 bits per heavy atom. The number of carbonyl (C=O) groups is 2. The smallest absolute Gasteiger partial charge is 0.194 e. The van der Waals surface area contributed by atoms with Crippen LogP contribution in [0.3, 0.4) is 0 Å². The minimum Gasteiger partial charge on any atom is -0.289 e. The topological polar surface area (TPSA) is 34.1 Å². The largest absolute Gasteiger partial charge is 0.289 e. The van der Waals surface area contributed by atoms with E-state index in [2.05, 4.69) is 146 Å². The zero-order chi connectivity index (χ0) is 42.7. The highest BCUT2D eigenvalue weighted by molar-refractivity contribution is 6.26. The standard InChI is InChI=1S/C62H38O2/c63-61(57-35-31-53(45-21-5-9-25-49(45)57)43-29-13-17-39-15-1-3-19-41(39)43)59-37-33-55(47-23-7-11-27-51(47)59)56-34-38-60(52-28-12-8-24-48(52)56)62(64)58-36-32-54(46-22-6-10-26-50(46)58)44-30-14-18-40-16-2-4-20-42(40)44/h1-38H. The molecule has 0 radical (unpaired) electrons. The minimum absolute atomic E-state index is 0.0204. The summed E-state index contributed by atoms with van der Waals surface area (Å²) in [5.41, 5.74) is 9.14. The molecule has 0 atom stereocenters. The maximum Gasteiger partial charge on any atom is 0.194 e. The number of hydrogen-bond donors (Lipinski definition) is 0. The zero-order valence-corrected chi connectivity index (χ0v) is 34.8. The van der Waals surface area contributed by atoms with Crippen molar-refractivity contribution in [2.45, 2.75) is 0 Å². The summed E-state index contributed by atoms with van der Waals surface area (Å²) in [7, 11) is 0. The van der Waals surface area contributed by atoms with Crippen LogP contribution in [0.1, 0.15) is 31.8 Å². The van der Waals surface area contributed by atoms with Gasteiger partial charge >= 0.3 is 0 Å². The third-order valence-electron chi connectivity index (χ3n) is 13.1. The first kappa shape index (κ1) is 37.3. The average molecular weight is 815 g/mol. The molecule has 2 nitrogen and oxygen atoms in total. The molecule has 12 aromatic rings. The fourth-order valence-corrected chi connectivity index (χ4v) is 10.1. The Labute approximate surface area is 370 Å². The fourth-order valence-electron chi connectivity index (χ4n) is 10.1. The van der Waals surface area contributed by atoms with Gasteiger partial charge in [0.1, 0.15) is 0 Å². The molecule has 0 aromatic heterocycles. The van der Waals surface area contributed by atoms with Gasteiger partial charge in [-0.15, -0.1) is 0 Å². The summed E-state index contributed by atoms with van der Waals surface area (Å²) in [5, 5.41) is 12.4. The van der Waals surface area contributed by atoms with Crippen LogP contribution in [0.5, 0.6) is 0 Å². The lowest BCUT2D eigenvalue weighted by Crippen LogP contribution is -2.05. The molecule has 0 heterocycles. The van der Waals surface area contributed by atoms with Gasteiger partial charge in [0, 0.05) is 22.3 Å². The van der Waals surface area contributed by atoms with E-state index in [1.54, 1.807) is 0 Å². The third-order valence-corrected chi connectivity index (χ3v) is 13.1. The lowest BCUT2D eigenvalue weighted by Gasteiger charge is -2.17. The summed E-state index contributed by atoms with van der Waals surface area (Å²) >= 11 is 0. The molecule has 298 valence electrons. The number of fused-ring (bicyclic) bond motifs is 6. The molecule has 12 rings (SSSR count). The molecule has 0 amide bonds. The van der Waals surface area contributed by atoms with Crippen LogP contribution in [0.15, 0.2) is 231 Å². The number of rotatable bonds is 7. The maximum absolute atomic E-state index is 14.9. The van der Waals surface area contributed by atoms with Crippen molar-refractivity contribution in [3.05, 3.63) is 253 Å². The molecule has 2 heteroatoms. The lowest BCUT2D eigenvalue weighted by atomic mass is 9.86. The van der Waals surface area contributed by atoms with Crippen molar-refractivity contribution in [3.63, 3.8) is 0 Å². The van der Waals surface area contributed by atoms with E-state index < -0.39 is 0 Å². The van der Waals surface area contributed by atoms with Crippen molar-refractivity contribution in [2.75, 3.05) is 0 Å². The summed E-state index contributed by atoms with van der Waals surface area (Å²) in [6.07, 6.45) is 0. The number of carbonyl (C=O) groups excluding carboxylic acids is 2. The Balaban J connectivity index is 0.950. The van der Waals surface area contributed by atoms with Crippen LogP contribution in [0.25, 0.3) is 98.0 Å². The van der Waals surface area contributed by atoms with E-state index in [4.69, 9.17) is 0 Å². The molecule has 64 heavy (non-hydrogen) atoms. The summed E-state index contributed by atoms with van der Waals surface area (Å²) in [5.74, 6) is -0.0409. The van der Waals surface area contributed by atoms with Crippen molar-refractivity contribution >= 4 is 76.2 Å². The monoisotopic (exact) mass is 814 g/mol. The summed E-state index contributed by atoms with van der Waals surface area (Å²) in [6, 6.07) is 78.8. The van der Waals surface area contributed by atoms with Crippen molar-refractivity contribution in [3.8, 4) is 33.4 Å². The minimum atomic E-state index is -0.0204. The van der Waals surface area contributed by atoms with E-state index in [9.17, 15) is 9.59 Å². The second-order valence-corrected chi connectivity index (χ2v) is 16.5. The van der Waals surface area contributed by atoms with Gasteiger partial charge in [-0.1, -0.05) is 206 Å². The molecule has 0 bridgehead atoms. The van der Waals surface area contributed by atoms with Crippen LogP contribution >= 0.6 is 0 Å². The van der Waals surface area contributed by atoms with Crippen LogP contribution < -0.4 is 0 Å². The number of ketones is 2. The molecule has 0 saturated heterocycles. The normalized spacial score (nSPS) is 11.6. The number of hydrogen-bond acceptors (Lipinski definition) is 2. The first-order valence-corrected chi connectivity index (χ1v) is 21.8. The van der Waals surface area contributed by atoms with Gasteiger partial charge in [0.15, 0.2) is 11.6 Å². The molecule has 0 aliphatic carbocycles. The van der Waals surface area contributed by atoms with Gasteiger partial charge in [0.25, 0.3) is 0 Å². The SMILES string of the molecule is O=C(c1ccc(-c2cccc3ccccc23)c2ccccc12)c1ccc(-c2ccc(C(=O)c3ccc(-c4cccc5ccccc45)c4ccccc34)c3ccccc23)c2ccccc12. The Bertz CT molecular complexity index is 3630. The average Bonchev–Trinajstić information content (AvgIpc) is 3.36. The van der Waals surface area contributed by atoms with Gasteiger partial charge in [-0.2, -0.15) is 0 Å². The number of benzene rings is 12. The van der Waals surface area contributed by atoms with Crippen molar-refractivity contribution in [1.29, 1.82) is 0 Å². The van der Waals surface area contributed by atoms with E-state index >= 15 is 0 Å². The Hall–Kier alpha value is -8.46. The molecule has 0 fully saturated rings. The molecule has 0 spiro atoms. The molecule has 0 unspecified atom stereocenters. The van der Waals surface area contributed by atoms with Gasteiger partial charge in [0.2, 0.25) is 0 Å². The van der Waals surface area contributed by atoms with Crippen LogP contribution in [0.2, 0.25) is 0 Å². The Morgan fingerprint density at radius 2 is 0.406 bits per heavy atom. The zero-order valence-electron chi connectivity index (χ0n) is 34.8. The molecular weight excluding hydrogens is 777 g/mol. The van der Waals surface area contributed by atoms with Gasteiger partial charge in [-0.25, -0.2) is 0 Å². The van der Waals surface area contributed by atoms with Crippen LogP contribution in [-0.4, -0.2) is 11.6 Å². The van der Waals surface area contributed by atoms with Gasteiger partial charge in [-0.05, 0) is 122 Å². The van der Waals surface area contributed by atoms with Crippen LogP contribution in [-0.2, 0) is 0 Å². The fraction of sp³-hybridized carbons (Fsp3) is 0. The van der Waals surface area contributed by atoms with Gasteiger partial charge in [0.05, 0.1) is 0 Å². The molecule has 0 aliphatic heterocycles. The molecule has 0 aliphatic rings. The summed E-state index contributed by atoms with van der Waals surface area (Å²) in [6.45, 7) is 0. The first-order chi connectivity index (χ1) is 31.6. The molecular formula is C62H38O2. The summed E-state index contributed by atoms with van der Waals surface area (Å²) in [4.78, 5) is 29.7. The summed E-state index contributed by atoms with van der Waals surface area (Å²) < 4.78 is 0. The van der Waals surface area contributed by atoms with E-state index in [-0.39, 0.29) is 11.6 Å². The highest BCUT2D eigenvalue weighted by Crippen LogP contribution is 2.41. The molecule has 0 saturated carbocycles. The van der Waals surface area contributed by atoms with Crippen LogP contribution in [0.4, 0.5) is 0 Å². The molecule has 12 aromatic carbocycles. The van der Waals surface area contributed by atoms with E-state index in [0.29, 0.717) is 22.3 Å².